The molecule has 3 rings (SSSR count). The van der Waals surface area contributed by atoms with Crippen LogP contribution in [0.2, 0.25) is 0 Å². The van der Waals surface area contributed by atoms with Gasteiger partial charge in [-0.1, -0.05) is 5.21 Å². The summed E-state index contributed by atoms with van der Waals surface area (Å²) in [5.74, 6) is 0.757. The number of nitrogens with one attached hydrogen (secondary N) is 1. The number of hydrogen-bond donors (Lipinski definition) is 1. The number of rotatable bonds is 2. The molecule has 1 aromatic carbocycles. The van der Waals surface area contributed by atoms with Gasteiger partial charge in [-0.2, -0.15) is 0 Å². The molecular weight excluding hydrogens is 244 g/mol. The lowest BCUT2D eigenvalue weighted by Crippen LogP contribution is -2.10. The zero-order valence-electron chi connectivity index (χ0n) is 10.1. The molecule has 19 heavy (non-hydrogen) atoms. The molecular formula is C13H10N4O2. The molecule has 2 heterocycles. The van der Waals surface area contributed by atoms with E-state index in [4.69, 9.17) is 4.74 Å². The van der Waals surface area contributed by atoms with Gasteiger partial charge in [0.15, 0.2) is 0 Å². The van der Waals surface area contributed by atoms with Gasteiger partial charge < -0.3 is 4.74 Å². The van der Waals surface area contributed by atoms with Crippen molar-refractivity contribution in [3.63, 3.8) is 0 Å². The van der Waals surface area contributed by atoms with Gasteiger partial charge in [0, 0.05) is 11.8 Å². The Bertz CT molecular complexity index is 781. The largest absolute Gasteiger partial charge is 0.497 e. The third-order valence-electron chi connectivity index (χ3n) is 2.83. The van der Waals surface area contributed by atoms with E-state index in [0.29, 0.717) is 16.6 Å². The molecule has 0 amide bonds. The second-order valence-corrected chi connectivity index (χ2v) is 3.93. The number of aromatic nitrogens is 4. The molecule has 0 aliphatic heterocycles. The van der Waals surface area contributed by atoms with Crippen molar-refractivity contribution >= 4 is 10.9 Å². The Hall–Kier alpha value is -2.76. The van der Waals surface area contributed by atoms with Gasteiger partial charge in [-0.15, -0.1) is 5.10 Å². The lowest BCUT2D eigenvalue weighted by Gasteiger charge is -2.04. The van der Waals surface area contributed by atoms with Gasteiger partial charge in [-0.3, -0.25) is 9.78 Å². The zero-order chi connectivity index (χ0) is 13.2. The fraction of sp³-hybridized carbons (Fsp3) is 0.0769. The average molecular weight is 254 g/mol. The van der Waals surface area contributed by atoms with Gasteiger partial charge >= 0.3 is 0 Å². The predicted molar refractivity (Wildman–Crippen MR) is 69.9 cm³/mol. The first-order valence-electron chi connectivity index (χ1n) is 5.64. The lowest BCUT2D eigenvalue weighted by atomic mass is 10.1. The second-order valence-electron chi connectivity index (χ2n) is 3.93. The van der Waals surface area contributed by atoms with Crippen LogP contribution in [0.3, 0.4) is 0 Å². The normalized spacial score (nSPS) is 10.6. The third-order valence-corrected chi connectivity index (χ3v) is 2.83. The minimum absolute atomic E-state index is 0.276. The molecule has 0 aliphatic rings. The van der Waals surface area contributed by atoms with Gasteiger partial charge in [0.25, 0.3) is 5.56 Å². The maximum Gasteiger partial charge on any atom is 0.275 e. The maximum absolute atomic E-state index is 11.7. The van der Waals surface area contributed by atoms with E-state index in [0.717, 1.165) is 11.3 Å². The van der Waals surface area contributed by atoms with Crippen LogP contribution >= 0.6 is 0 Å². The molecule has 0 saturated heterocycles. The van der Waals surface area contributed by atoms with Crippen LogP contribution in [0.15, 0.2) is 41.3 Å². The summed E-state index contributed by atoms with van der Waals surface area (Å²) >= 11 is 0. The zero-order valence-corrected chi connectivity index (χ0v) is 10.1. The molecule has 2 aromatic heterocycles. The molecule has 6 heteroatoms. The minimum Gasteiger partial charge on any atom is -0.497 e. The van der Waals surface area contributed by atoms with E-state index < -0.39 is 0 Å². The van der Waals surface area contributed by atoms with Crippen LogP contribution in [-0.4, -0.2) is 27.5 Å². The minimum atomic E-state index is -0.276. The molecule has 0 aliphatic carbocycles. The van der Waals surface area contributed by atoms with Crippen LogP contribution in [0.25, 0.3) is 22.2 Å². The van der Waals surface area contributed by atoms with Gasteiger partial charge in [-0.25, -0.2) is 5.10 Å². The highest BCUT2D eigenvalue weighted by molar-refractivity contribution is 5.90. The highest BCUT2D eigenvalue weighted by atomic mass is 16.5. The molecule has 0 saturated carbocycles. The van der Waals surface area contributed by atoms with E-state index >= 15 is 0 Å². The van der Waals surface area contributed by atoms with Crippen molar-refractivity contribution < 1.29 is 4.74 Å². The summed E-state index contributed by atoms with van der Waals surface area (Å²) in [6, 6.07) is 9.01. The van der Waals surface area contributed by atoms with Crippen LogP contribution in [-0.2, 0) is 0 Å². The Morgan fingerprint density at radius 2 is 1.95 bits per heavy atom. The lowest BCUT2D eigenvalue weighted by molar-refractivity contribution is 0.415. The van der Waals surface area contributed by atoms with Crippen molar-refractivity contribution in [1.29, 1.82) is 0 Å². The summed E-state index contributed by atoms with van der Waals surface area (Å²) in [6.45, 7) is 0. The van der Waals surface area contributed by atoms with Crippen LogP contribution in [0.4, 0.5) is 0 Å². The quantitative estimate of drug-likeness (QED) is 0.747. The molecule has 0 fully saturated rings. The highest BCUT2D eigenvalue weighted by Crippen LogP contribution is 2.24. The molecule has 3 aromatic rings. The van der Waals surface area contributed by atoms with E-state index in [2.05, 4.69) is 20.4 Å². The van der Waals surface area contributed by atoms with Crippen molar-refractivity contribution in [3.05, 3.63) is 46.9 Å². The average Bonchev–Trinajstić information content (AvgIpc) is 2.47. The molecule has 6 nitrogen and oxygen atoms in total. The molecule has 0 unspecified atom stereocenters. The number of methoxy groups -OCH3 is 1. The van der Waals surface area contributed by atoms with Crippen molar-refractivity contribution in [3.8, 4) is 17.0 Å². The number of pyridine rings is 1. The van der Waals surface area contributed by atoms with Crippen molar-refractivity contribution in [2.45, 2.75) is 0 Å². The van der Waals surface area contributed by atoms with Crippen molar-refractivity contribution in [2.24, 2.45) is 0 Å². The van der Waals surface area contributed by atoms with E-state index in [1.165, 1.54) is 0 Å². The van der Waals surface area contributed by atoms with E-state index in [9.17, 15) is 4.79 Å². The first-order chi connectivity index (χ1) is 9.29. The molecule has 0 radical (unpaired) electrons. The number of nitrogens with zero attached hydrogens (tertiary/aromatic N) is 3. The summed E-state index contributed by atoms with van der Waals surface area (Å²) < 4.78 is 5.11. The fourth-order valence-corrected chi connectivity index (χ4v) is 1.88. The Kier molecular flexibility index (Phi) is 2.68. The highest BCUT2D eigenvalue weighted by Gasteiger charge is 2.09. The number of ether oxygens (including phenoxy) is 1. The maximum atomic E-state index is 11.7. The number of H-pyrrole nitrogens is 1. The Morgan fingerprint density at radius 3 is 2.68 bits per heavy atom. The predicted octanol–water partition coefficient (Wildman–Crippen LogP) is 1.39. The van der Waals surface area contributed by atoms with Crippen LogP contribution in [0, 0.1) is 0 Å². The summed E-state index contributed by atoms with van der Waals surface area (Å²) in [5.41, 5.74) is 1.68. The topological polar surface area (TPSA) is 80.8 Å². The molecule has 1 N–H and O–H groups in total. The number of hydrogen-bond acceptors (Lipinski definition) is 5. The Morgan fingerprint density at radius 1 is 1.16 bits per heavy atom. The molecule has 0 bridgehead atoms. The summed E-state index contributed by atoms with van der Waals surface area (Å²) in [6.07, 6.45) is 1.58. The van der Waals surface area contributed by atoms with E-state index in [1.807, 2.05) is 24.3 Å². The molecule has 0 atom stereocenters. The Labute approximate surface area is 108 Å². The number of aromatic amines is 1. The standard InChI is InChI=1S/C13H10N4O2/c1-19-9-4-2-8(3-5-9)11-12-10(6-7-14-11)13(18)16-17-15-12/h2-7H,1H3,(H,15,16,18). The Balaban J connectivity index is 2.24. The van der Waals surface area contributed by atoms with Crippen LogP contribution in [0.1, 0.15) is 0 Å². The molecule has 94 valence electrons. The van der Waals surface area contributed by atoms with Crippen molar-refractivity contribution in [2.75, 3.05) is 7.11 Å². The number of fused-ring (bicyclic) bond motifs is 1. The summed E-state index contributed by atoms with van der Waals surface area (Å²) in [5, 5.41) is 10.3. The first-order valence-corrected chi connectivity index (χ1v) is 5.64. The van der Waals surface area contributed by atoms with Gasteiger partial charge in [0.1, 0.15) is 11.3 Å². The number of benzene rings is 1. The van der Waals surface area contributed by atoms with Crippen molar-refractivity contribution in [1.82, 2.24) is 20.4 Å². The monoisotopic (exact) mass is 254 g/mol. The second kappa shape index (κ2) is 4.49. The van der Waals surface area contributed by atoms with E-state index in [1.54, 1.807) is 19.4 Å². The molecule has 0 spiro atoms. The summed E-state index contributed by atoms with van der Waals surface area (Å²) in [4.78, 5) is 15.9. The van der Waals surface area contributed by atoms with Crippen LogP contribution in [0.5, 0.6) is 5.75 Å². The van der Waals surface area contributed by atoms with Crippen LogP contribution < -0.4 is 10.3 Å². The third kappa shape index (κ3) is 1.93. The van der Waals surface area contributed by atoms with Gasteiger partial charge in [0.05, 0.1) is 18.2 Å². The smallest absolute Gasteiger partial charge is 0.275 e. The SMILES string of the molecule is COc1ccc(-c2nccc3c(=O)[nH]nnc23)cc1. The van der Waals surface area contributed by atoms with Gasteiger partial charge in [0.2, 0.25) is 0 Å². The summed E-state index contributed by atoms with van der Waals surface area (Å²) in [7, 11) is 1.61. The van der Waals surface area contributed by atoms with E-state index in [-0.39, 0.29) is 5.56 Å². The van der Waals surface area contributed by atoms with Gasteiger partial charge in [-0.05, 0) is 30.3 Å². The first kappa shape index (κ1) is 11.3. The fourth-order valence-electron chi connectivity index (χ4n) is 1.88.